The zero-order chi connectivity index (χ0) is 18.3. The number of carbonyl (C=O) groups is 1. The summed E-state index contributed by atoms with van der Waals surface area (Å²) in [5.74, 6) is 0.892. The minimum atomic E-state index is -0.209. The second-order valence-electron chi connectivity index (χ2n) is 5.77. The topological polar surface area (TPSA) is 64.1 Å². The summed E-state index contributed by atoms with van der Waals surface area (Å²) in [4.78, 5) is 22.8. The zero-order valence-electron chi connectivity index (χ0n) is 14.0. The Balaban J connectivity index is 1.73. The Kier molecular flexibility index (Phi) is 4.22. The van der Waals surface area contributed by atoms with E-state index in [9.17, 15) is 4.79 Å². The van der Waals surface area contributed by atoms with E-state index in [1.807, 2.05) is 43.3 Å². The van der Waals surface area contributed by atoms with Gasteiger partial charge in [-0.25, -0.2) is 9.97 Å². The number of anilines is 1. The molecule has 1 aromatic carbocycles. The molecule has 3 aromatic heterocycles. The molecule has 3 heterocycles. The van der Waals surface area contributed by atoms with E-state index in [4.69, 9.17) is 16.3 Å². The molecule has 4 aromatic rings. The number of fused-ring (bicyclic) bond motifs is 2. The molecule has 7 heteroatoms. The van der Waals surface area contributed by atoms with Gasteiger partial charge in [-0.1, -0.05) is 17.7 Å². The molecule has 0 aliphatic rings. The first-order valence-electron chi connectivity index (χ1n) is 7.87. The summed E-state index contributed by atoms with van der Waals surface area (Å²) in [5.41, 5.74) is 1.50. The Hall–Kier alpha value is -2.70. The van der Waals surface area contributed by atoms with Crippen molar-refractivity contribution in [1.29, 1.82) is 0 Å². The number of aryl methyl sites for hydroxylation is 1. The van der Waals surface area contributed by atoms with E-state index < -0.39 is 0 Å². The summed E-state index contributed by atoms with van der Waals surface area (Å²) in [6.07, 6.45) is 0. The molecule has 1 N–H and O–H groups in total. The third kappa shape index (κ3) is 2.98. The van der Waals surface area contributed by atoms with Crippen molar-refractivity contribution in [3.8, 4) is 5.75 Å². The summed E-state index contributed by atoms with van der Waals surface area (Å²) in [7, 11) is 1.57. The largest absolute Gasteiger partial charge is 0.495 e. The van der Waals surface area contributed by atoms with Crippen LogP contribution < -0.4 is 10.1 Å². The molecule has 0 unspecified atom stereocenters. The number of pyridine rings is 2. The Morgan fingerprint density at radius 2 is 2.00 bits per heavy atom. The van der Waals surface area contributed by atoms with Gasteiger partial charge in [-0.2, -0.15) is 0 Å². The van der Waals surface area contributed by atoms with Crippen LogP contribution in [-0.2, 0) is 0 Å². The van der Waals surface area contributed by atoms with E-state index in [0.717, 1.165) is 21.3 Å². The molecule has 0 aliphatic carbocycles. The van der Waals surface area contributed by atoms with Gasteiger partial charge in [0.2, 0.25) is 0 Å². The average Bonchev–Trinajstić information content (AvgIpc) is 3.04. The predicted octanol–water partition coefficient (Wildman–Crippen LogP) is 5.07. The van der Waals surface area contributed by atoms with Crippen molar-refractivity contribution >= 4 is 55.8 Å². The molecule has 0 atom stereocenters. The molecule has 5 nitrogen and oxygen atoms in total. The normalized spacial score (nSPS) is 11.0. The maximum atomic E-state index is 12.5. The number of aromatic nitrogens is 2. The number of thiophene rings is 1. The van der Waals surface area contributed by atoms with Crippen molar-refractivity contribution in [2.45, 2.75) is 6.92 Å². The predicted molar refractivity (Wildman–Crippen MR) is 106 cm³/mol. The van der Waals surface area contributed by atoms with Gasteiger partial charge in [0.15, 0.2) is 0 Å². The number of ether oxygens (including phenoxy) is 1. The lowest BCUT2D eigenvalue weighted by molar-refractivity contribution is 0.103. The number of benzene rings is 1. The number of rotatable bonds is 3. The van der Waals surface area contributed by atoms with Gasteiger partial charge in [0.25, 0.3) is 5.91 Å². The average molecular weight is 384 g/mol. The highest BCUT2D eigenvalue weighted by Gasteiger charge is 2.15. The standard InChI is InChI=1S/C19H14ClN3O2S/c1-10-4-3-5-15(21-10)22-18(24)14-9-12-8-11-6-7-13(25-2)16(20)17(11)23-19(12)26-14/h3-9H,1-2H3,(H,21,22,24). The van der Waals surface area contributed by atoms with E-state index >= 15 is 0 Å². The molecule has 0 saturated heterocycles. The number of halogens is 1. The molecule has 0 fully saturated rings. The molecule has 0 radical (unpaired) electrons. The zero-order valence-corrected chi connectivity index (χ0v) is 15.6. The van der Waals surface area contributed by atoms with Crippen molar-refractivity contribution in [2.75, 3.05) is 12.4 Å². The summed E-state index contributed by atoms with van der Waals surface area (Å²) in [6.45, 7) is 1.88. The number of methoxy groups -OCH3 is 1. The van der Waals surface area contributed by atoms with E-state index in [2.05, 4.69) is 15.3 Å². The van der Waals surface area contributed by atoms with Crippen LogP contribution in [0.25, 0.3) is 21.1 Å². The quantitative estimate of drug-likeness (QED) is 0.536. The first-order valence-corrected chi connectivity index (χ1v) is 9.06. The number of carbonyl (C=O) groups excluding carboxylic acids is 1. The highest BCUT2D eigenvalue weighted by molar-refractivity contribution is 7.20. The molecule has 0 saturated carbocycles. The minimum absolute atomic E-state index is 0.209. The number of hydrogen-bond acceptors (Lipinski definition) is 5. The molecule has 0 spiro atoms. The number of nitrogens with zero attached hydrogens (tertiary/aromatic N) is 2. The first-order chi connectivity index (χ1) is 12.5. The summed E-state index contributed by atoms with van der Waals surface area (Å²) >= 11 is 7.68. The van der Waals surface area contributed by atoms with Crippen LogP contribution in [-0.4, -0.2) is 23.0 Å². The monoisotopic (exact) mass is 383 g/mol. The van der Waals surface area contributed by atoms with Crippen LogP contribution in [0.5, 0.6) is 5.75 Å². The van der Waals surface area contributed by atoms with Crippen LogP contribution in [0, 0.1) is 6.92 Å². The van der Waals surface area contributed by atoms with Crippen molar-refractivity contribution in [2.24, 2.45) is 0 Å². The molecular formula is C19H14ClN3O2S. The van der Waals surface area contributed by atoms with Gasteiger partial charge < -0.3 is 10.1 Å². The smallest absolute Gasteiger partial charge is 0.266 e. The van der Waals surface area contributed by atoms with Crippen molar-refractivity contribution in [3.05, 3.63) is 58.1 Å². The third-order valence-electron chi connectivity index (χ3n) is 3.95. The summed E-state index contributed by atoms with van der Waals surface area (Å²) in [6, 6.07) is 13.0. The molecule has 26 heavy (non-hydrogen) atoms. The van der Waals surface area contributed by atoms with Gasteiger partial charge in [-0.05, 0) is 43.3 Å². The van der Waals surface area contributed by atoms with Crippen LogP contribution in [0.3, 0.4) is 0 Å². The maximum absolute atomic E-state index is 12.5. The Labute approximate surface area is 158 Å². The van der Waals surface area contributed by atoms with Crippen molar-refractivity contribution in [1.82, 2.24) is 9.97 Å². The highest BCUT2D eigenvalue weighted by Crippen LogP contribution is 2.35. The molecule has 4 rings (SSSR count). The SMILES string of the molecule is COc1ccc2cc3cc(C(=O)Nc4cccc(C)n4)sc3nc2c1Cl. The molecule has 130 valence electrons. The van der Waals surface area contributed by atoms with E-state index in [0.29, 0.717) is 27.0 Å². The van der Waals surface area contributed by atoms with Crippen LogP contribution in [0.1, 0.15) is 15.4 Å². The lowest BCUT2D eigenvalue weighted by Crippen LogP contribution is -2.11. The van der Waals surface area contributed by atoms with E-state index in [1.54, 1.807) is 13.2 Å². The van der Waals surface area contributed by atoms with Crippen LogP contribution in [0.15, 0.2) is 42.5 Å². The van der Waals surface area contributed by atoms with Gasteiger partial charge in [-0.15, -0.1) is 11.3 Å². The first kappa shape index (κ1) is 16.8. The van der Waals surface area contributed by atoms with E-state index in [-0.39, 0.29) is 5.91 Å². The van der Waals surface area contributed by atoms with E-state index in [1.165, 1.54) is 11.3 Å². The Morgan fingerprint density at radius 3 is 2.77 bits per heavy atom. The fourth-order valence-electron chi connectivity index (χ4n) is 2.71. The summed E-state index contributed by atoms with van der Waals surface area (Å²) < 4.78 is 5.24. The molecule has 0 bridgehead atoms. The van der Waals surface area contributed by atoms with Crippen LogP contribution in [0.2, 0.25) is 5.02 Å². The van der Waals surface area contributed by atoms with Gasteiger partial charge in [0, 0.05) is 16.5 Å². The molecule has 1 amide bonds. The van der Waals surface area contributed by atoms with Gasteiger partial charge >= 0.3 is 0 Å². The van der Waals surface area contributed by atoms with Gasteiger partial charge in [0.05, 0.1) is 17.5 Å². The third-order valence-corrected chi connectivity index (χ3v) is 5.36. The highest BCUT2D eigenvalue weighted by atomic mass is 35.5. The van der Waals surface area contributed by atoms with Crippen molar-refractivity contribution < 1.29 is 9.53 Å². The Bertz CT molecular complexity index is 1160. The number of nitrogens with one attached hydrogen (secondary N) is 1. The fraction of sp³-hybridized carbons (Fsp3) is 0.105. The van der Waals surface area contributed by atoms with Gasteiger partial charge in [-0.3, -0.25) is 4.79 Å². The Morgan fingerprint density at radius 1 is 1.15 bits per heavy atom. The summed E-state index contributed by atoms with van der Waals surface area (Å²) in [5, 5.41) is 5.08. The lowest BCUT2D eigenvalue weighted by atomic mass is 10.2. The lowest BCUT2D eigenvalue weighted by Gasteiger charge is -2.05. The fourth-order valence-corrected chi connectivity index (χ4v) is 3.91. The second kappa shape index (κ2) is 6.55. The number of hydrogen-bond donors (Lipinski definition) is 1. The van der Waals surface area contributed by atoms with Gasteiger partial charge in [0.1, 0.15) is 21.4 Å². The van der Waals surface area contributed by atoms with Crippen LogP contribution in [0.4, 0.5) is 5.82 Å². The molecule has 0 aliphatic heterocycles. The maximum Gasteiger partial charge on any atom is 0.266 e. The minimum Gasteiger partial charge on any atom is -0.495 e. The molecular weight excluding hydrogens is 370 g/mol. The number of amides is 1. The van der Waals surface area contributed by atoms with Crippen molar-refractivity contribution in [3.63, 3.8) is 0 Å². The second-order valence-corrected chi connectivity index (χ2v) is 7.17. The van der Waals surface area contributed by atoms with Crippen LogP contribution >= 0.6 is 22.9 Å².